The number of ether oxygens (including phenoxy) is 1. The van der Waals surface area contributed by atoms with Crippen molar-refractivity contribution in [2.45, 2.75) is 58.2 Å². The second-order valence-electron chi connectivity index (χ2n) is 9.71. The zero-order valence-electron chi connectivity index (χ0n) is 22.5. The molecule has 3 heterocycles. The molecule has 0 amide bonds. The van der Waals surface area contributed by atoms with Crippen LogP contribution in [0.5, 0.6) is 11.5 Å². The zero-order valence-corrected chi connectivity index (χ0v) is 23.3. The quantitative estimate of drug-likeness (QED) is 0.217. The van der Waals surface area contributed by atoms with Gasteiger partial charge in [0.25, 0.3) is 10.1 Å². The monoisotopic (exact) mass is 543 g/mol. The zero-order chi connectivity index (χ0) is 27.6. The van der Waals surface area contributed by atoms with Gasteiger partial charge in [-0.2, -0.15) is 8.42 Å². The summed E-state index contributed by atoms with van der Waals surface area (Å²) in [5.41, 5.74) is 6.49. The number of benzene rings is 2. The van der Waals surface area contributed by atoms with Crippen LogP contribution in [0.15, 0.2) is 73.1 Å². The first-order valence-electron chi connectivity index (χ1n) is 13.5. The number of hydrogen-bond acceptors (Lipinski definition) is 6. The molecule has 0 aliphatic carbocycles. The van der Waals surface area contributed by atoms with Gasteiger partial charge in [0.1, 0.15) is 0 Å². The molecule has 0 radical (unpaired) electrons. The summed E-state index contributed by atoms with van der Waals surface area (Å²) in [6, 6.07) is 19.3. The van der Waals surface area contributed by atoms with Crippen LogP contribution < -0.4 is 9.64 Å². The summed E-state index contributed by atoms with van der Waals surface area (Å²) < 4.78 is 42.3. The molecule has 1 aliphatic heterocycles. The van der Waals surface area contributed by atoms with Gasteiger partial charge in [-0.3, -0.25) is 14.5 Å². The Morgan fingerprint density at radius 1 is 0.846 bits per heavy atom. The molecule has 0 bridgehead atoms. The highest BCUT2D eigenvalue weighted by Crippen LogP contribution is 2.53. The average molecular weight is 544 g/mol. The van der Waals surface area contributed by atoms with Crippen molar-refractivity contribution < 1.29 is 17.7 Å². The summed E-state index contributed by atoms with van der Waals surface area (Å²) >= 11 is 0. The summed E-state index contributed by atoms with van der Waals surface area (Å²) in [5, 5.41) is -1.21. The van der Waals surface area contributed by atoms with Crippen molar-refractivity contribution in [2.75, 3.05) is 4.90 Å². The van der Waals surface area contributed by atoms with E-state index in [1.54, 1.807) is 24.2 Å². The Morgan fingerprint density at radius 3 is 2.13 bits per heavy atom. The Hall–Kier alpha value is -3.75. The second-order valence-corrected chi connectivity index (χ2v) is 11.3. The molecule has 1 atom stereocenters. The molecule has 39 heavy (non-hydrogen) atoms. The summed E-state index contributed by atoms with van der Waals surface area (Å²) in [5.74, 6) is 1.02. The van der Waals surface area contributed by atoms with Crippen molar-refractivity contribution in [1.82, 2.24) is 9.97 Å². The van der Waals surface area contributed by atoms with Gasteiger partial charge in [-0.05, 0) is 66.8 Å². The van der Waals surface area contributed by atoms with Gasteiger partial charge in [0.2, 0.25) is 0 Å². The van der Waals surface area contributed by atoms with E-state index in [4.69, 9.17) is 14.7 Å². The lowest BCUT2D eigenvalue weighted by Gasteiger charge is -2.37. The second kappa shape index (κ2) is 11.2. The first kappa shape index (κ1) is 26.8. The lowest BCUT2D eigenvalue weighted by molar-refractivity contribution is 0.452. The van der Waals surface area contributed by atoms with Crippen LogP contribution in [-0.2, 0) is 23.0 Å². The van der Waals surface area contributed by atoms with Crippen LogP contribution in [0.25, 0.3) is 22.5 Å². The molecule has 1 aliphatic rings. The van der Waals surface area contributed by atoms with Crippen molar-refractivity contribution in [3.63, 3.8) is 0 Å². The molecule has 0 saturated carbocycles. The van der Waals surface area contributed by atoms with Gasteiger partial charge in [-0.25, -0.2) is 0 Å². The van der Waals surface area contributed by atoms with Crippen molar-refractivity contribution in [3.8, 4) is 34.0 Å². The molecule has 1 N–H and O–H groups in total. The Labute approximate surface area is 230 Å². The van der Waals surface area contributed by atoms with Crippen LogP contribution in [0, 0.1) is 0 Å². The number of aryl methyl sites for hydroxylation is 2. The van der Waals surface area contributed by atoms with Gasteiger partial charge in [0.15, 0.2) is 16.9 Å². The third kappa shape index (κ3) is 5.14. The summed E-state index contributed by atoms with van der Waals surface area (Å²) in [6.07, 6.45) is 7.29. The SMILES string of the molecule is CCCc1cccnc1-c1cc(-c2ncccc2CCC)c2c(c1)N(C(CC)S(=O)(=O)O)c1ccccc1O2. The van der Waals surface area contributed by atoms with Crippen molar-refractivity contribution in [3.05, 3.63) is 84.2 Å². The molecule has 1 unspecified atom stereocenters. The fourth-order valence-electron chi connectivity index (χ4n) is 5.35. The molecule has 2 aromatic heterocycles. The minimum atomic E-state index is -4.45. The number of para-hydroxylation sites is 2. The van der Waals surface area contributed by atoms with Crippen LogP contribution >= 0.6 is 0 Å². The lowest BCUT2D eigenvalue weighted by Crippen LogP contribution is -2.38. The minimum Gasteiger partial charge on any atom is -0.452 e. The van der Waals surface area contributed by atoms with Crippen LogP contribution in [0.1, 0.15) is 51.2 Å². The van der Waals surface area contributed by atoms with E-state index in [1.807, 2.05) is 48.5 Å². The molecular weight excluding hydrogens is 510 g/mol. The van der Waals surface area contributed by atoms with Crippen molar-refractivity contribution in [1.29, 1.82) is 0 Å². The Bertz CT molecular complexity index is 1600. The maximum Gasteiger partial charge on any atom is 0.286 e. The molecule has 202 valence electrons. The Balaban J connectivity index is 1.87. The summed E-state index contributed by atoms with van der Waals surface area (Å²) in [4.78, 5) is 11.2. The summed E-state index contributed by atoms with van der Waals surface area (Å²) in [7, 11) is -4.45. The Morgan fingerprint density at radius 2 is 1.49 bits per heavy atom. The highest BCUT2D eigenvalue weighted by atomic mass is 32.2. The van der Waals surface area contributed by atoms with E-state index >= 15 is 0 Å². The van der Waals surface area contributed by atoms with E-state index in [0.29, 0.717) is 22.9 Å². The predicted molar refractivity (Wildman–Crippen MR) is 155 cm³/mol. The number of hydrogen-bond donors (Lipinski definition) is 1. The number of pyridine rings is 2. The van der Waals surface area contributed by atoms with Crippen LogP contribution in [0.2, 0.25) is 0 Å². The molecule has 0 spiro atoms. The van der Waals surface area contributed by atoms with Gasteiger partial charge in [-0.15, -0.1) is 0 Å². The lowest BCUT2D eigenvalue weighted by atomic mass is 9.94. The number of fused-ring (bicyclic) bond motifs is 2. The number of rotatable bonds is 9. The summed E-state index contributed by atoms with van der Waals surface area (Å²) in [6.45, 7) is 6.00. The number of aromatic nitrogens is 2. The van der Waals surface area contributed by atoms with Crippen LogP contribution in [-0.4, -0.2) is 28.3 Å². The van der Waals surface area contributed by atoms with Gasteiger partial charge in [0, 0.05) is 23.5 Å². The van der Waals surface area contributed by atoms with E-state index in [-0.39, 0.29) is 6.42 Å². The van der Waals surface area contributed by atoms with Crippen molar-refractivity contribution in [2.24, 2.45) is 0 Å². The Kier molecular flexibility index (Phi) is 7.68. The van der Waals surface area contributed by atoms with Gasteiger partial charge in [0.05, 0.1) is 22.8 Å². The third-order valence-electron chi connectivity index (χ3n) is 7.00. The maximum atomic E-state index is 12.7. The third-order valence-corrected chi connectivity index (χ3v) is 8.23. The first-order valence-corrected chi connectivity index (χ1v) is 15.0. The van der Waals surface area contributed by atoms with E-state index in [1.165, 1.54) is 0 Å². The standard InChI is InChI=1S/C31H33N3O4S/c1-4-11-21-13-9-17-32-29(21)23-19-24(30-22(12-5-2)14-10-18-33-30)31-26(20-23)34(28(6-3)39(35,36)37)25-15-7-8-16-27(25)38-31/h7-10,13-20,28H,4-6,11-12H2,1-3H3,(H,35,36,37). The minimum absolute atomic E-state index is 0.168. The van der Waals surface area contributed by atoms with E-state index in [0.717, 1.165) is 59.3 Å². The van der Waals surface area contributed by atoms with Crippen molar-refractivity contribution >= 4 is 21.5 Å². The topological polar surface area (TPSA) is 92.6 Å². The van der Waals surface area contributed by atoms with Gasteiger partial charge in [-0.1, -0.05) is 57.9 Å². The molecule has 2 aromatic carbocycles. The smallest absolute Gasteiger partial charge is 0.286 e. The fourth-order valence-corrected chi connectivity index (χ4v) is 6.27. The van der Waals surface area contributed by atoms with E-state index in [2.05, 4.69) is 26.0 Å². The molecule has 0 saturated heterocycles. The van der Waals surface area contributed by atoms with Gasteiger partial charge >= 0.3 is 0 Å². The average Bonchev–Trinajstić information content (AvgIpc) is 2.93. The maximum absolute atomic E-state index is 12.7. The molecule has 0 fully saturated rings. The van der Waals surface area contributed by atoms with Gasteiger partial charge < -0.3 is 9.64 Å². The van der Waals surface area contributed by atoms with Crippen LogP contribution in [0.4, 0.5) is 11.4 Å². The predicted octanol–water partition coefficient (Wildman–Crippen LogP) is 7.58. The highest BCUT2D eigenvalue weighted by Gasteiger charge is 2.37. The molecule has 4 aromatic rings. The molecule has 5 rings (SSSR count). The fraction of sp³-hybridized carbons (Fsp3) is 0.290. The van der Waals surface area contributed by atoms with Crippen LogP contribution in [0.3, 0.4) is 0 Å². The van der Waals surface area contributed by atoms with E-state index < -0.39 is 15.5 Å². The van der Waals surface area contributed by atoms with E-state index in [9.17, 15) is 13.0 Å². The number of nitrogens with zero attached hydrogens (tertiary/aromatic N) is 3. The molecular formula is C31H33N3O4S. The molecule has 7 nitrogen and oxygen atoms in total. The normalized spacial score (nSPS) is 13.4. The number of anilines is 2. The highest BCUT2D eigenvalue weighted by molar-refractivity contribution is 7.86. The first-order chi connectivity index (χ1) is 18.9. The molecule has 8 heteroatoms. The largest absolute Gasteiger partial charge is 0.452 e.